The van der Waals surface area contributed by atoms with Crippen molar-refractivity contribution in [3.63, 3.8) is 0 Å². The minimum Gasteiger partial charge on any atom is -0.384 e. The van der Waals surface area contributed by atoms with Crippen molar-refractivity contribution in [1.29, 1.82) is 0 Å². The number of hydrogen-bond acceptors (Lipinski definition) is 5. The second-order valence-corrected chi connectivity index (χ2v) is 4.43. The van der Waals surface area contributed by atoms with Crippen molar-refractivity contribution in [2.45, 2.75) is 13.5 Å². The van der Waals surface area contributed by atoms with Gasteiger partial charge in [-0.25, -0.2) is 0 Å². The van der Waals surface area contributed by atoms with Gasteiger partial charge >= 0.3 is 4.87 Å². The Kier molecular flexibility index (Phi) is 3.89. The molecule has 0 aromatic carbocycles. The Balaban J connectivity index is 3.06. The van der Waals surface area contributed by atoms with E-state index < -0.39 is 0 Å². The smallest absolute Gasteiger partial charge is 0.309 e. The first kappa shape index (κ1) is 12.5. The van der Waals surface area contributed by atoms with Gasteiger partial charge in [-0.3, -0.25) is 14.2 Å². The number of thiazole rings is 1. The molecule has 0 aliphatic rings. The predicted molar refractivity (Wildman–Crippen MR) is 65.8 cm³/mol. The van der Waals surface area contributed by atoms with Gasteiger partial charge < -0.3 is 10.6 Å². The van der Waals surface area contributed by atoms with Gasteiger partial charge in [0.2, 0.25) is 5.78 Å². The molecule has 1 aromatic rings. The molecule has 0 unspecified atom stereocenters. The van der Waals surface area contributed by atoms with Gasteiger partial charge in [0.15, 0.2) is 0 Å². The Morgan fingerprint density at radius 3 is 2.62 bits per heavy atom. The number of carbonyl (C=O) groups is 1. The van der Waals surface area contributed by atoms with Crippen molar-refractivity contribution >= 4 is 22.9 Å². The van der Waals surface area contributed by atoms with E-state index in [2.05, 4.69) is 0 Å². The molecule has 6 heteroatoms. The van der Waals surface area contributed by atoms with E-state index in [1.807, 2.05) is 21.0 Å². The van der Waals surface area contributed by atoms with Crippen LogP contribution in [-0.4, -0.2) is 29.3 Å². The number of carbonyl (C=O) groups excluding carboxylic acids is 1. The lowest BCUT2D eigenvalue weighted by Gasteiger charge is -2.02. The summed E-state index contributed by atoms with van der Waals surface area (Å²) in [5.74, 6) is 0.0198. The molecule has 0 aliphatic carbocycles. The van der Waals surface area contributed by atoms with Gasteiger partial charge in [0.1, 0.15) is 10.7 Å². The molecule has 0 amide bonds. The number of hydrogen-bond donors (Lipinski definition) is 1. The zero-order valence-corrected chi connectivity index (χ0v) is 10.4. The zero-order valence-electron chi connectivity index (χ0n) is 9.56. The molecular weight excluding hydrogens is 226 g/mol. The van der Waals surface area contributed by atoms with Crippen LogP contribution < -0.4 is 10.6 Å². The molecule has 1 heterocycles. The van der Waals surface area contributed by atoms with Crippen LogP contribution in [0.4, 0.5) is 5.82 Å². The second kappa shape index (κ2) is 4.98. The summed E-state index contributed by atoms with van der Waals surface area (Å²) in [4.78, 5) is 25.0. The van der Waals surface area contributed by atoms with Gasteiger partial charge in [0.25, 0.3) is 0 Å². The molecule has 0 bridgehead atoms. The normalized spacial score (nSPS) is 10.9. The Morgan fingerprint density at radius 2 is 2.19 bits per heavy atom. The highest BCUT2D eigenvalue weighted by Crippen LogP contribution is 2.16. The van der Waals surface area contributed by atoms with Crippen LogP contribution in [0.1, 0.15) is 16.6 Å². The van der Waals surface area contributed by atoms with Gasteiger partial charge in [0.05, 0.1) is 0 Å². The fourth-order valence-electron chi connectivity index (χ4n) is 1.18. The van der Waals surface area contributed by atoms with Gasteiger partial charge in [-0.2, -0.15) is 0 Å². The van der Waals surface area contributed by atoms with Crippen molar-refractivity contribution in [2.75, 3.05) is 19.8 Å². The molecule has 0 radical (unpaired) electrons. The third kappa shape index (κ3) is 2.52. The third-order valence-electron chi connectivity index (χ3n) is 2.00. The summed E-state index contributed by atoms with van der Waals surface area (Å²) >= 11 is 0.888. The highest BCUT2D eigenvalue weighted by Gasteiger charge is 2.15. The zero-order chi connectivity index (χ0) is 12.3. The first-order valence-corrected chi connectivity index (χ1v) is 5.67. The summed E-state index contributed by atoms with van der Waals surface area (Å²) in [6, 6.07) is 0. The predicted octanol–water partition coefficient (Wildman–Crippen LogP) is 0.770. The monoisotopic (exact) mass is 241 g/mol. The second-order valence-electron chi connectivity index (χ2n) is 3.47. The molecule has 0 fully saturated rings. The van der Waals surface area contributed by atoms with Crippen LogP contribution >= 0.6 is 11.3 Å². The first-order chi connectivity index (χ1) is 7.47. The maximum absolute atomic E-state index is 11.7. The summed E-state index contributed by atoms with van der Waals surface area (Å²) in [5, 5.41) is 0. The average Bonchev–Trinajstić information content (AvgIpc) is 2.50. The number of aromatic nitrogens is 1. The lowest BCUT2D eigenvalue weighted by Crippen LogP contribution is -2.14. The van der Waals surface area contributed by atoms with Crippen LogP contribution in [0, 0.1) is 0 Å². The molecule has 0 aliphatic heterocycles. The van der Waals surface area contributed by atoms with Crippen molar-refractivity contribution in [3.05, 3.63) is 26.8 Å². The maximum Gasteiger partial charge on any atom is 0.309 e. The summed E-state index contributed by atoms with van der Waals surface area (Å²) in [7, 11) is 3.62. The molecule has 1 rings (SSSR count). The van der Waals surface area contributed by atoms with E-state index in [-0.39, 0.29) is 16.5 Å². The SMILES string of the molecule is CCn1c(N)c(C(=O)/C=C/N(C)C)sc1=O. The number of nitrogen functional groups attached to an aromatic ring is 1. The largest absolute Gasteiger partial charge is 0.384 e. The highest BCUT2D eigenvalue weighted by atomic mass is 32.1. The minimum atomic E-state index is -0.236. The van der Waals surface area contributed by atoms with E-state index in [1.165, 1.54) is 10.6 Å². The van der Waals surface area contributed by atoms with Crippen LogP contribution in [0.15, 0.2) is 17.1 Å². The summed E-state index contributed by atoms with van der Waals surface area (Å²) in [6.45, 7) is 2.29. The minimum absolute atomic E-state index is 0.193. The molecule has 0 atom stereocenters. The van der Waals surface area contributed by atoms with Crippen molar-refractivity contribution in [1.82, 2.24) is 9.47 Å². The molecule has 0 saturated carbocycles. The van der Waals surface area contributed by atoms with Crippen LogP contribution in [0.25, 0.3) is 0 Å². The fraction of sp³-hybridized carbons (Fsp3) is 0.400. The van der Waals surface area contributed by atoms with E-state index in [9.17, 15) is 9.59 Å². The third-order valence-corrected chi connectivity index (χ3v) is 3.01. The number of nitrogens with zero attached hydrogens (tertiary/aromatic N) is 2. The molecule has 5 nitrogen and oxygen atoms in total. The highest BCUT2D eigenvalue weighted by molar-refractivity contribution is 7.12. The van der Waals surface area contributed by atoms with E-state index in [0.29, 0.717) is 11.4 Å². The van der Waals surface area contributed by atoms with Crippen LogP contribution in [-0.2, 0) is 6.54 Å². The number of allylic oxidation sites excluding steroid dienone is 1. The topological polar surface area (TPSA) is 68.3 Å². The quantitative estimate of drug-likeness (QED) is 0.624. The van der Waals surface area contributed by atoms with Gasteiger partial charge in [-0.15, -0.1) is 0 Å². The van der Waals surface area contributed by atoms with Gasteiger partial charge in [0, 0.05) is 32.9 Å². The fourth-order valence-corrected chi connectivity index (χ4v) is 2.08. The number of rotatable bonds is 4. The number of anilines is 1. The first-order valence-electron chi connectivity index (χ1n) is 4.85. The van der Waals surface area contributed by atoms with E-state index in [0.717, 1.165) is 11.3 Å². The summed E-state index contributed by atoms with van der Waals surface area (Å²) in [6.07, 6.45) is 3.03. The van der Waals surface area contributed by atoms with E-state index >= 15 is 0 Å². The number of nitrogens with two attached hydrogens (primary N) is 1. The molecule has 16 heavy (non-hydrogen) atoms. The summed E-state index contributed by atoms with van der Waals surface area (Å²) in [5.41, 5.74) is 5.73. The standard InChI is InChI=1S/C10H15N3O2S/c1-4-13-9(11)8(16-10(13)15)7(14)5-6-12(2)3/h5-6H,4,11H2,1-3H3/b6-5+. The van der Waals surface area contributed by atoms with E-state index in [4.69, 9.17) is 5.73 Å². The van der Waals surface area contributed by atoms with Crippen molar-refractivity contribution in [2.24, 2.45) is 0 Å². The molecule has 0 spiro atoms. The van der Waals surface area contributed by atoms with Crippen LogP contribution in [0.3, 0.4) is 0 Å². The molecule has 1 aromatic heterocycles. The van der Waals surface area contributed by atoms with Crippen LogP contribution in [0.2, 0.25) is 0 Å². The lowest BCUT2D eigenvalue weighted by molar-refractivity contribution is 0.104. The summed E-state index contributed by atoms with van der Waals surface area (Å²) < 4.78 is 1.39. The Hall–Kier alpha value is -1.56. The average molecular weight is 241 g/mol. The van der Waals surface area contributed by atoms with Crippen molar-refractivity contribution in [3.8, 4) is 0 Å². The lowest BCUT2D eigenvalue weighted by atomic mass is 10.3. The molecule has 0 saturated heterocycles. The van der Waals surface area contributed by atoms with Crippen molar-refractivity contribution < 1.29 is 4.79 Å². The molecule has 88 valence electrons. The van der Waals surface area contributed by atoms with Gasteiger partial charge in [-0.1, -0.05) is 11.3 Å². The Labute approximate surface area is 97.8 Å². The number of ketones is 1. The van der Waals surface area contributed by atoms with Gasteiger partial charge in [-0.05, 0) is 6.92 Å². The molecule has 2 N–H and O–H groups in total. The Morgan fingerprint density at radius 1 is 1.56 bits per heavy atom. The van der Waals surface area contributed by atoms with E-state index in [1.54, 1.807) is 11.1 Å². The Bertz CT molecular complexity index is 471. The maximum atomic E-state index is 11.7. The van der Waals surface area contributed by atoms with Crippen LogP contribution in [0.5, 0.6) is 0 Å². The molecular formula is C10H15N3O2S.